The van der Waals surface area contributed by atoms with Gasteiger partial charge in [-0.3, -0.25) is 0 Å². The van der Waals surface area contributed by atoms with Crippen LogP contribution in [-0.2, 0) is 0 Å². The van der Waals surface area contributed by atoms with Gasteiger partial charge in [0.15, 0.2) is 0 Å². The van der Waals surface area contributed by atoms with Crippen molar-refractivity contribution in [3.63, 3.8) is 0 Å². The lowest BCUT2D eigenvalue weighted by Crippen LogP contribution is -2.33. The summed E-state index contributed by atoms with van der Waals surface area (Å²) in [5.74, 6) is 0. The van der Waals surface area contributed by atoms with Gasteiger partial charge in [-0.2, -0.15) is 0 Å². The van der Waals surface area contributed by atoms with E-state index < -0.39 is 0 Å². The molecule has 0 bridgehead atoms. The summed E-state index contributed by atoms with van der Waals surface area (Å²) >= 11 is 0. The highest BCUT2D eigenvalue weighted by atomic mass is 14.2. The lowest BCUT2D eigenvalue weighted by Gasteiger charge is -2.22. The molecule has 6 aromatic rings. The highest BCUT2D eigenvalue weighted by molar-refractivity contribution is 6.05. The lowest BCUT2D eigenvalue weighted by atomic mass is 9.82. The van der Waals surface area contributed by atoms with Crippen LogP contribution in [0, 0.1) is 0 Å². The van der Waals surface area contributed by atoms with Crippen LogP contribution >= 0.6 is 0 Å². The van der Waals surface area contributed by atoms with Gasteiger partial charge in [0.2, 0.25) is 0 Å². The molecule has 0 aromatic heterocycles. The van der Waals surface area contributed by atoms with E-state index in [9.17, 15) is 0 Å². The molecule has 0 saturated carbocycles. The van der Waals surface area contributed by atoms with Crippen LogP contribution in [0.1, 0.15) is 36.8 Å². The van der Waals surface area contributed by atoms with Gasteiger partial charge in [0.1, 0.15) is 0 Å². The third-order valence-corrected chi connectivity index (χ3v) is 8.80. The largest absolute Gasteiger partial charge is 0.0757 e. The van der Waals surface area contributed by atoms with Gasteiger partial charge in [-0.1, -0.05) is 127 Å². The first-order valence-corrected chi connectivity index (χ1v) is 14.5. The average Bonchev–Trinajstić information content (AvgIpc) is 3.03. The van der Waals surface area contributed by atoms with E-state index >= 15 is 0 Å². The Bertz CT molecular complexity index is 2150. The van der Waals surface area contributed by atoms with Gasteiger partial charge in [0.25, 0.3) is 0 Å². The minimum absolute atomic E-state index is 1.05. The van der Waals surface area contributed by atoms with Gasteiger partial charge >= 0.3 is 0 Å². The van der Waals surface area contributed by atoms with E-state index in [1.807, 2.05) is 0 Å². The molecule has 0 amide bonds. The molecule has 0 nitrogen and oxygen atoms in total. The van der Waals surface area contributed by atoms with Crippen molar-refractivity contribution in [3.8, 4) is 11.1 Å². The fourth-order valence-corrected chi connectivity index (χ4v) is 6.94. The molecule has 0 saturated heterocycles. The summed E-state index contributed by atoms with van der Waals surface area (Å²) in [5, 5.41) is 10.8. The van der Waals surface area contributed by atoms with Crippen molar-refractivity contribution < 1.29 is 0 Å². The van der Waals surface area contributed by atoms with Crippen molar-refractivity contribution in [2.75, 3.05) is 0 Å². The Morgan fingerprint density at radius 2 is 1.02 bits per heavy atom. The van der Waals surface area contributed by atoms with Crippen molar-refractivity contribution in [3.05, 3.63) is 143 Å². The molecule has 0 unspecified atom stereocenters. The second-order valence-electron chi connectivity index (χ2n) is 11.1. The Hall–Kier alpha value is -4.68. The zero-order valence-electron chi connectivity index (χ0n) is 22.5. The zero-order valence-corrected chi connectivity index (χ0v) is 22.5. The normalized spacial score (nSPS) is 14.8. The summed E-state index contributed by atoms with van der Waals surface area (Å²) in [4.78, 5) is 0. The molecule has 0 aliphatic heterocycles. The Morgan fingerprint density at radius 1 is 0.425 bits per heavy atom. The van der Waals surface area contributed by atoms with Crippen molar-refractivity contribution in [2.24, 2.45) is 0 Å². The highest BCUT2D eigenvalue weighted by Gasteiger charge is 2.19. The third kappa shape index (κ3) is 3.75. The molecule has 0 radical (unpaired) electrons. The molecule has 190 valence electrons. The van der Waals surface area contributed by atoms with Crippen molar-refractivity contribution in [1.82, 2.24) is 0 Å². The van der Waals surface area contributed by atoms with Crippen molar-refractivity contribution in [1.29, 1.82) is 0 Å². The number of allylic oxidation sites excluding steroid dienone is 4. The monoisotopic (exact) mass is 510 g/mol. The number of hydrogen-bond acceptors (Lipinski definition) is 0. The minimum Gasteiger partial charge on any atom is -0.0757 e. The fraction of sp³-hybridized carbons (Fsp3) is 0.100. The Balaban J connectivity index is 1.35. The van der Waals surface area contributed by atoms with Crippen molar-refractivity contribution in [2.45, 2.75) is 25.7 Å². The maximum atomic E-state index is 2.49. The summed E-state index contributed by atoms with van der Waals surface area (Å²) in [7, 11) is 0. The quantitative estimate of drug-likeness (QED) is 0.222. The van der Waals surface area contributed by atoms with Crippen LogP contribution in [0.5, 0.6) is 0 Å². The fourth-order valence-electron chi connectivity index (χ4n) is 6.94. The van der Waals surface area contributed by atoms with Crippen LogP contribution in [0.2, 0.25) is 0 Å². The zero-order chi connectivity index (χ0) is 26.5. The van der Waals surface area contributed by atoms with E-state index in [-0.39, 0.29) is 0 Å². The first-order valence-electron chi connectivity index (χ1n) is 14.5. The van der Waals surface area contributed by atoms with Crippen LogP contribution < -0.4 is 10.4 Å². The number of hydrogen-bond donors (Lipinski definition) is 0. The van der Waals surface area contributed by atoms with E-state index in [0.29, 0.717) is 0 Å². The Labute approximate surface area is 234 Å². The molecule has 0 spiro atoms. The summed E-state index contributed by atoms with van der Waals surface area (Å²) in [6, 6.07) is 40.1. The molecule has 2 aliphatic carbocycles. The minimum atomic E-state index is 1.05. The summed E-state index contributed by atoms with van der Waals surface area (Å²) in [6.07, 6.45) is 14.1. The van der Waals surface area contributed by atoms with Crippen LogP contribution in [-0.4, -0.2) is 0 Å². The first kappa shape index (κ1) is 23.2. The molecule has 40 heavy (non-hydrogen) atoms. The maximum absolute atomic E-state index is 2.49. The standard InChI is InChI=1S/C40H30/c1-2-12-31-26-32(25-20-27(31)10-1)40-37-17-7-5-15-35(37)39(36-16-6-8-18-38(36)40)30-23-21-29(22-24-30)34-19-9-13-28-11-3-4-14-33(28)34/h1-5,7,9-21,23,25-26H,6,8,22,24H2. The van der Waals surface area contributed by atoms with Gasteiger partial charge < -0.3 is 0 Å². The summed E-state index contributed by atoms with van der Waals surface area (Å²) < 4.78 is 0. The van der Waals surface area contributed by atoms with Gasteiger partial charge in [-0.05, 0) is 108 Å². The van der Waals surface area contributed by atoms with Gasteiger partial charge in [0.05, 0.1) is 0 Å². The predicted octanol–water partition coefficient (Wildman–Crippen LogP) is 9.43. The van der Waals surface area contributed by atoms with Crippen LogP contribution in [0.15, 0.2) is 121 Å². The van der Waals surface area contributed by atoms with Crippen molar-refractivity contribution >= 4 is 55.6 Å². The molecule has 2 aliphatic rings. The maximum Gasteiger partial charge on any atom is -0.00295 e. The smallest absolute Gasteiger partial charge is 0.00295 e. The topological polar surface area (TPSA) is 0 Å². The average molecular weight is 511 g/mol. The molecule has 0 heteroatoms. The molecule has 0 fully saturated rings. The van der Waals surface area contributed by atoms with Gasteiger partial charge in [-0.15, -0.1) is 0 Å². The number of rotatable bonds is 3. The second-order valence-corrected chi connectivity index (χ2v) is 11.1. The van der Waals surface area contributed by atoms with E-state index in [1.165, 1.54) is 76.2 Å². The molecule has 0 N–H and O–H groups in total. The predicted molar refractivity (Wildman–Crippen MR) is 173 cm³/mol. The number of benzene rings is 6. The highest BCUT2D eigenvalue weighted by Crippen LogP contribution is 2.37. The Kier molecular flexibility index (Phi) is 5.52. The molecular weight excluding hydrogens is 480 g/mol. The van der Waals surface area contributed by atoms with Crippen LogP contribution in [0.3, 0.4) is 0 Å². The van der Waals surface area contributed by atoms with E-state index in [0.717, 1.165) is 25.7 Å². The molecular formula is C40H30. The van der Waals surface area contributed by atoms with E-state index in [2.05, 4.69) is 133 Å². The number of fused-ring (bicyclic) bond motifs is 4. The first-order chi connectivity index (χ1) is 19.8. The lowest BCUT2D eigenvalue weighted by molar-refractivity contribution is 1.07. The van der Waals surface area contributed by atoms with E-state index in [1.54, 1.807) is 0 Å². The van der Waals surface area contributed by atoms with Gasteiger partial charge in [0, 0.05) is 0 Å². The third-order valence-electron chi connectivity index (χ3n) is 8.80. The summed E-state index contributed by atoms with van der Waals surface area (Å²) in [6.45, 7) is 0. The SMILES string of the molecule is C1=C(c2cccc3ccccc23)CCC(c2c3c(c(-c4ccc5ccccc5c4)c4ccccc24)=CCCC=3)=C1. The molecule has 0 atom stereocenters. The second kappa shape index (κ2) is 9.50. The molecule has 0 heterocycles. The van der Waals surface area contributed by atoms with Crippen LogP contribution in [0.25, 0.3) is 66.7 Å². The molecule has 8 rings (SSSR count). The van der Waals surface area contributed by atoms with Crippen LogP contribution in [0.4, 0.5) is 0 Å². The van der Waals surface area contributed by atoms with E-state index in [4.69, 9.17) is 0 Å². The summed E-state index contributed by atoms with van der Waals surface area (Å²) in [5.41, 5.74) is 8.36. The molecule has 6 aromatic carbocycles. The van der Waals surface area contributed by atoms with Gasteiger partial charge in [-0.25, -0.2) is 0 Å². The Morgan fingerprint density at radius 3 is 1.80 bits per heavy atom.